The molecule has 19 heavy (non-hydrogen) atoms. The maximum Gasteiger partial charge on any atom is 0.326 e. The summed E-state index contributed by atoms with van der Waals surface area (Å²) in [5, 5.41) is 12.0. The Morgan fingerprint density at radius 3 is 2.95 bits per heavy atom. The molecule has 7 heteroatoms. The number of nitrogens with zero attached hydrogens (tertiary/aromatic N) is 3. The van der Waals surface area contributed by atoms with Gasteiger partial charge in [-0.25, -0.2) is 14.6 Å². The number of amides is 2. The molecule has 1 aliphatic heterocycles. The summed E-state index contributed by atoms with van der Waals surface area (Å²) in [5.74, 6) is -0.927. The minimum absolute atomic E-state index is 0.240. The SMILES string of the molecule is Cc1nc(CN(C)C(=O)N2CCC[C@H]2C(=O)O)cs1. The molecule has 0 unspecified atom stereocenters. The molecular formula is C12H17N3O3S. The standard InChI is InChI=1S/C12H17N3O3S/c1-8-13-9(7-19-8)6-14(2)12(18)15-5-3-4-10(15)11(16)17/h7,10H,3-6H2,1-2H3,(H,16,17)/t10-/m0/s1. The Hall–Kier alpha value is -1.63. The molecule has 1 aliphatic rings. The first-order valence-corrected chi connectivity index (χ1v) is 7.02. The Bertz CT molecular complexity index is 488. The van der Waals surface area contributed by atoms with Gasteiger partial charge in [-0.1, -0.05) is 0 Å². The van der Waals surface area contributed by atoms with Gasteiger partial charge in [0, 0.05) is 19.0 Å². The number of carbonyl (C=O) groups excluding carboxylic acids is 1. The van der Waals surface area contributed by atoms with Gasteiger partial charge in [-0.15, -0.1) is 11.3 Å². The van der Waals surface area contributed by atoms with Crippen LogP contribution in [0.3, 0.4) is 0 Å². The lowest BCUT2D eigenvalue weighted by atomic mass is 10.2. The van der Waals surface area contributed by atoms with E-state index in [2.05, 4.69) is 4.98 Å². The molecule has 0 saturated carbocycles. The molecule has 0 aliphatic carbocycles. The van der Waals surface area contributed by atoms with E-state index in [-0.39, 0.29) is 6.03 Å². The fraction of sp³-hybridized carbons (Fsp3) is 0.583. The molecule has 1 atom stereocenters. The van der Waals surface area contributed by atoms with Crippen molar-refractivity contribution in [2.24, 2.45) is 0 Å². The Morgan fingerprint density at radius 2 is 2.37 bits per heavy atom. The van der Waals surface area contributed by atoms with Crippen LogP contribution in [-0.4, -0.2) is 51.5 Å². The van der Waals surface area contributed by atoms with Gasteiger partial charge < -0.3 is 14.9 Å². The zero-order valence-electron chi connectivity index (χ0n) is 11.0. The van der Waals surface area contributed by atoms with Crippen molar-refractivity contribution in [3.63, 3.8) is 0 Å². The van der Waals surface area contributed by atoms with Crippen LogP contribution in [0.25, 0.3) is 0 Å². The first kappa shape index (κ1) is 13.8. The lowest BCUT2D eigenvalue weighted by Crippen LogP contribution is -2.46. The van der Waals surface area contributed by atoms with Crippen molar-refractivity contribution in [1.29, 1.82) is 0 Å². The predicted molar refractivity (Wildman–Crippen MR) is 71.1 cm³/mol. The van der Waals surface area contributed by atoms with Crippen molar-refractivity contribution in [3.8, 4) is 0 Å². The topological polar surface area (TPSA) is 73.7 Å². The number of hydrogen-bond donors (Lipinski definition) is 1. The highest BCUT2D eigenvalue weighted by Gasteiger charge is 2.35. The molecule has 1 saturated heterocycles. The predicted octanol–water partition coefficient (Wildman–Crippen LogP) is 1.55. The monoisotopic (exact) mass is 283 g/mol. The van der Waals surface area contributed by atoms with E-state index < -0.39 is 12.0 Å². The van der Waals surface area contributed by atoms with E-state index in [9.17, 15) is 9.59 Å². The number of carbonyl (C=O) groups is 2. The molecule has 6 nitrogen and oxygen atoms in total. The van der Waals surface area contributed by atoms with Crippen molar-refractivity contribution < 1.29 is 14.7 Å². The lowest BCUT2D eigenvalue weighted by Gasteiger charge is -2.27. The number of carboxylic acids is 1. The van der Waals surface area contributed by atoms with E-state index in [0.29, 0.717) is 19.5 Å². The van der Waals surface area contributed by atoms with Gasteiger partial charge in [0.15, 0.2) is 0 Å². The van der Waals surface area contributed by atoms with Gasteiger partial charge in [0.05, 0.1) is 17.2 Å². The Balaban J connectivity index is 2.00. The number of likely N-dealkylation sites (tertiary alicyclic amines) is 1. The Labute approximate surface area is 115 Å². The van der Waals surface area contributed by atoms with Crippen LogP contribution in [0.2, 0.25) is 0 Å². The summed E-state index contributed by atoms with van der Waals surface area (Å²) >= 11 is 1.54. The number of hydrogen-bond acceptors (Lipinski definition) is 4. The highest BCUT2D eigenvalue weighted by molar-refractivity contribution is 7.09. The van der Waals surface area contributed by atoms with Crippen LogP contribution in [-0.2, 0) is 11.3 Å². The van der Waals surface area contributed by atoms with Crippen LogP contribution in [0.15, 0.2) is 5.38 Å². The van der Waals surface area contributed by atoms with E-state index in [0.717, 1.165) is 17.1 Å². The zero-order chi connectivity index (χ0) is 14.0. The average Bonchev–Trinajstić information content (AvgIpc) is 2.97. The summed E-state index contributed by atoms with van der Waals surface area (Å²) in [6, 6.07) is -0.928. The number of rotatable bonds is 3. The third kappa shape index (κ3) is 3.04. The second kappa shape index (κ2) is 5.56. The van der Waals surface area contributed by atoms with E-state index in [1.807, 2.05) is 12.3 Å². The Kier molecular flexibility index (Phi) is 4.04. The first-order valence-electron chi connectivity index (χ1n) is 6.14. The van der Waals surface area contributed by atoms with Crippen molar-refractivity contribution in [1.82, 2.24) is 14.8 Å². The van der Waals surface area contributed by atoms with E-state index in [1.165, 1.54) is 21.1 Å². The van der Waals surface area contributed by atoms with E-state index >= 15 is 0 Å². The Morgan fingerprint density at radius 1 is 1.63 bits per heavy atom. The van der Waals surface area contributed by atoms with Gasteiger partial charge in [-0.3, -0.25) is 0 Å². The fourth-order valence-electron chi connectivity index (χ4n) is 2.26. The van der Waals surface area contributed by atoms with Crippen LogP contribution in [0.5, 0.6) is 0 Å². The van der Waals surface area contributed by atoms with Crippen molar-refractivity contribution >= 4 is 23.3 Å². The second-order valence-electron chi connectivity index (χ2n) is 4.69. The van der Waals surface area contributed by atoms with Gasteiger partial charge in [-0.2, -0.15) is 0 Å². The van der Waals surface area contributed by atoms with Crippen molar-refractivity contribution in [2.45, 2.75) is 32.4 Å². The molecular weight excluding hydrogens is 266 g/mol. The number of urea groups is 1. The van der Waals surface area contributed by atoms with Crippen LogP contribution in [0, 0.1) is 6.92 Å². The van der Waals surface area contributed by atoms with E-state index in [1.54, 1.807) is 7.05 Å². The molecule has 1 aromatic heterocycles. The van der Waals surface area contributed by atoms with Crippen LogP contribution < -0.4 is 0 Å². The molecule has 1 fully saturated rings. The summed E-state index contributed by atoms with van der Waals surface area (Å²) in [6.45, 7) is 2.83. The lowest BCUT2D eigenvalue weighted by molar-refractivity contribution is -0.141. The van der Waals surface area contributed by atoms with Crippen molar-refractivity contribution in [2.75, 3.05) is 13.6 Å². The molecule has 104 valence electrons. The molecule has 0 bridgehead atoms. The maximum absolute atomic E-state index is 12.2. The van der Waals surface area contributed by atoms with Crippen molar-refractivity contribution in [3.05, 3.63) is 16.1 Å². The number of carboxylic acid groups (broad SMARTS) is 1. The van der Waals surface area contributed by atoms with Gasteiger partial charge in [-0.05, 0) is 19.8 Å². The van der Waals surface area contributed by atoms with Gasteiger partial charge in [0.1, 0.15) is 6.04 Å². The number of thiazole rings is 1. The summed E-state index contributed by atoms with van der Waals surface area (Å²) in [4.78, 5) is 30.6. The fourth-order valence-corrected chi connectivity index (χ4v) is 2.87. The third-order valence-corrected chi connectivity index (χ3v) is 4.00. The third-order valence-electron chi connectivity index (χ3n) is 3.18. The molecule has 0 aromatic carbocycles. The zero-order valence-corrected chi connectivity index (χ0v) is 11.8. The molecule has 0 spiro atoms. The normalized spacial score (nSPS) is 18.6. The molecule has 0 radical (unpaired) electrons. The second-order valence-corrected chi connectivity index (χ2v) is 5.75. The van der Waals surface area contributed by atoms with Gasteiger partial charge >= 0.3 is 12.0 Å². The highest BCUT2D eigenvalue weighted by atomic mass is 32.1. The molecule has 1 N–H and O–H groups in total. The van der Waals surface area contributed by atoms with Gasteiger partial charge in [0.25, 0.3) is 0 Å². The molecule has 2 rings (SSSR count). The number of aliphatic carboxylic acids is 1. The van der Waals surface area contributed by atoms with Crippen LogP contribution in [0.4, 0.5) is 4.79 Å². The summed E-state index contributed by atoms with van der Waals surface area (Å²) < 4.78 is 0. The number of aromatic nitrogens is 1. The number of aryl methyl sites for hydroxylation is 1. The first-order chi connectivity index (χ1) is 8.99. The molecule has 1 aromatic rings. The van der Waals surface area contributed by atoms with Crippen LogP contribution >= 0.6 is 11.3 Å². The summed E-state index contributed by atoms with van der Waals surface area (Å²) in [5.41, 5.74) is 0.837. The highest BCUT2D eigenvalue weighted by Crippen LogP contribution is 2.20. The minimum atomic E-state index is -0.927. The maximum atomic E-state index is 12.2. The quantitative estimate of drug-likeness (QED) is 0.913. The van der Waals surface area contributed by atoms with E-state index in [4.69, 9.17) is 5.11 Å². The smallest absolute Gasteiger partial charge is 0.326 e. The minimum Gasteiger partial charge on any atom is -0.480 e. The average molecular weight is 283 g/mol. The van der Waals surface area contributed by atoms with Crippen LogP contribution in [0.1, 0.15) is 23.5 Å². The molecule has 2 amide bonds. The summed E-state index contributed by atoms with van der Waals surface area (Å²) in [7, 11) is 1.67. The summed E-state index contributed by atoms with van der Waals surface area (Å²) in [6.07, 6.45) is 1.27. The largest absolute Gasteiger partial charge is 0.480 e. The van der Waals surface area contributed by atoms with Gasteiger partial charge in [0.2, 0.25) is 0 Å². The molecule has 2 heterocycles.